The van der Waals surface area contributed by atoms with Crippen molar-refractivity contribution in [3.63, 3.8) is 0 Å². The number of aromatic nitrogens is 2. The number of aryl methyl sites for hydroxylation is 1. The second-order valence-corrected chi connectivity index (χ2v) is 11.8. The van der Waals surface area contributed by atoms with Gasteiger partial charge in [-0.2, -0.15) is 4.40 Å². The predicted molar refractivity (Wildman–Crippen MR) is 143 cm³/mol. The summed E-state index contributed by atoms with van der Waals surface area (Å²) in [7, 11) is -3.94. The third-order valence-corrected chi connectivity index (χ3v) is 6.88. The van der Waals surface area contributed by atoms with Gasteiger partial charge in [0.05, 0.1) is 30.0 Å². The van der Waals surface area contributed by atoms with E-state index in [1.165, 1.54) is 4.90 Å². The van der Waals surface area contributed by atoms with Crippen molar-refractivity contribution in [1.82, 2.24) is 25.1 Å². The first-order valence-corrected chi connectivity index (χ1v) is 13.8. The number of rotatable bonds is 9. The van der Waals surface area contributed by atoms with Gasteiger partial charge in [-0.3, -0.25) is 14.4 Å². The van der Waals surface area contributed by atoms with Crippen molar-refractivity contribution >= 4 is 33.5 Å². The minimum absolute atomic E-state index is 0.0487. The summed E-state index contributed by atoms with van der Waals surface area (Å²) >= 11 is 0. The van der Waals surface area contributed by atoms with E-state index in [0.717, 1.165) is 0 Å². The molecule has 3 rings (SSSR count). The van der Waals surface area contributed by atoms with Gasteiger partial charge in [-0.05, 0) is 40.2 Å². The number of imidazole rings is 1. The highest BCUT2D eigenvalue weighted by atomic mass is 32.2. The van der Waals surface area contributed by atoms with E-state index < -0.39 is 21.8 Å². The van der Waals surface area contributed by atoms with Crippen LogP contribution in [-0.2, 0) is 43.2 Å². The Hall–Kier alpha value is -3.80. The molecular formula is C26H34N6O5S. The van der Waals surface area contributed by atoms with Gasteiger partial charge in [0, 0.05) is 17.7 Å². The number of hydrogen-bond donors (Lipinski definition) is 2. The van der Waals surface area contributed by atoms with E-state index in [1.54, 1.807) is 61.1 Å². The van der Waals surface area contributed by atoms with Crippen molar-refractivity contribution in [2.75, 3.05) is 6.54 Å². The number of nitrogens with zero attached hydrogens (tertiary/aromatic N) is 4. The molecule has 3 amide bonds. The highest BCUT2D eigenvalue weighted by molar-refractivity contribution is 7.89. The van der Waals surface area contributed by atoms with Crippen LogP contribution in [0.15, 0.2) is 52.8 Å². The number of amides is 3. The molecule has 0 radical (unpaired) electrons. The molecule has 0 spiro atoms. The van der Waals surface area contributed by atoms with Gasteiger partial charge in [-0.15, -0.1) is 0 Å². The van der Waals surface area contributed by atoms with Gasteiger partial charge in [0.25, 0.3) is 15.9 Å². The molecule has 1 aliphatic heterocycles. The van der Waals surface area contributed by atoms with Gasteiger partial charge >= 0.3 is 0 Å². The predicted octanol–water partition coefficient (Wildman–Crippen LogP) is 1.83. The Labute approximate surface area is 223 Å². The molecule has 0 saturated heterocycles. The van der Waals surface area contributed by atoms with E-state index in [1.807, 2.05) is 20.8 Å². The van der Waals surface area contributed by atoms with Crippen LogP contribution >= 0.6 is 0 Å². The summed E-state index contributed by atoms with van der Waals surface area (Å²) in [4.78, 5) is 43.6. The molecule has 204 valence electrons. The van der Waals surface area contributed by atoms with Crippen LogP contribution in [0.4, 0.5) is 0 Å². The highest BCUT2D eigenvalue weighted by Crippen LogP contribution is 2.17. The molecule has 0 fully saturated rings. The van der Waals surface area contributed by atoms with Crippen LogP contribution in [0.3, 0.4) is 0 Å². The van der Waals surface area contributed by atoms with Crippen molar-refractivity contribution in [3.8, 4) is 0 Å². The van der Waals surface area contributed by atoms with Gasteiger partial charge in [-0.25, -0.2) is 13.4 Å². The van der Waals surface area contributed by atoms with Crippen molar-refractivity contribution in [2.45, 2.75) is 65.4 Å². The van der Waals surface area contributed by atoms with E-state index in [9.17, 15) is 22.8 Å². The number of carbonyl (C=O) groups excluding carboxylic acids is 3. The van der Waals surface area contributed by atoms with Crippen LogP contribution in [-0.4, -0.2) is 58.4 Å². The Bertz CT molecular complexity index is 1370. The molecule has 0 atom stereocenters. The largest absolute Gasteiger partial charge is 0.350 e. The fourth-order valence-electron chi connectivity index (χ4n) is 3.88. The highest BCUT2D eigenvalue weighted by Gasteiger charge is 2.29. The molecule has 0 aliphatic carbocycles. The standard InChI is InChI=1S/C26H34N6O5S/c1-18-11-12-21(30-38(36,37)16-20-9-7-6-8-10-20)25(35)32(18)15-23(33)27-13-22-19(2)28-17-31(22)14-24(34)29-26(3,4)5/h6-11,17H,12-16H2,1-5H3,(H,27,33)(H,29,34)/b30-21+. The zero-order valence-corrected chi connectivity index (χ0v) is 23.1. The second-order valence-electron chi connectivity index (χ2n) is 10.2. The van der Waals surface area contributed by atoms with E-state index in [0.29, 0.717) is 22.6 Å². The third-order valence-electron chi connectivity index (χ3n) is 5.69. The summed E-state index contributed by atoms with van der Waals surface area (Å²) in [6, 6.07) is 8.58. The first-order chi connectivity index (χ1) is 17.7. The molecule has 2 heterocycles. The number of sulfonamides is 1. The summed E-state index contributed by atoms with van der Waals surface area (Å²) in [5, 5.41) is 5.65. The monoisotopic (exact) mass is 542 g/mol. The number of hydrogen-bond acceptors (Lipinski definition) is 6. The Morgan fingerprint density at radius 1 is 1.08 bits per heavy atom. The van der Waals surface area contributed by atoms with E-state index in [2.05, 4.69) is 20.0 Å². The molecule has 1 aromatic carbocycles. The third kappa shape index (κ3) is 8.10. The Morgan fingerprint density at radius 3 is 2.42 bits per heavy atom. The number of nitrogens with one attached hydrogen (secondary N) is 2. The van der Waals surface area contributed by atoms with Crippen LogP contribution in [0, 0.1) is 6.92 Å². The Morgan fingerprint density at radius 2 is 1.76 bits per heavy atom. The zero-order chi connectivity index (χ0) is 28.1. The minimum Gasteiger partial charge on any atom is -0.350 e. The van der Waals surface area contributed by atoms with E-state index in [4.69, 9.17) is 0 Å². The first kappa shape index (κ1) is 28.8. The fraction of sp³-hybridized carbons (Fsp3) is 0.423. The van der Waals surface area contributed by atoms with Gasteiger partial charge in [0.1, 0.15) is 18.8 Å². The van der Waals surface area contributed by atoms with Crippen LogP contribution in [0.2, 0.25) is 0 Å². The molecule has 1 aromatic heterocycles. The molecule has 11 nitrogen and oxygen atoms in total. The maximum absolute atomic E-state index is 13.0. The average molecular weight is 543 g/mol. The number of benzene rings is 1. The van der Waals surface area contributed by atoms with Gasteiger partial charge in [0.2, 0.25) is 11.8 Å². The Balaban J connectivity index is 1.64. The van der Waals surface area contributed by atoms with E-state index >= 15 is 0 Å². The smallest absolute Gasteiger partial charge is 0.274 e. The molecule has 0 saturated carbocycles. The zero-order valence-electron chi connectivity index (χ0n) is 22.3. The Kier molecular flexibility index (Phi) is 8.87. The number of allylic oxidation sites excluding steroid dienone is 2. The normalized spacial score (nSPS) is 15.4. The summed E-state index contributed by atoms with van der Waals surface area (Å²) in [6.45, 7) is 8.95. The summed E-state index contributed by atoms with van der Waals surface area (Å²) in [5.41, 5.74) is 1.90. The maximum Gasteiger partial charge on any atom is 0.274 e. The molecular weight excluding hydrogens is 508 g/mol. The molecule has 38 heavy (non-hydrogen) atoms. The lowest BCUT2D eigenvalue weighted by Gasteiger charge is -2.27. The molecule has 0 unspecified atom stereocenters. The van der Waals surface area contributed by atoms with Crippen LogP contribution in [0.5, 0.6) is 0 Å². The maximum atomic E-state index is 13.0. The number of carbonyl (C=O) groups is 3. The molecule has 12 heteroatoms. The average Bonchev–Trinajstić information content (AvgIpc) is 3.15. The van der Waals surface area contributed by atoms with Crippen molar-refractivity contribution < 1.29 is 22.8 Å². The lowest BCUT2D eigenvalue weighted by Crippen LogP contribution is -2.44. The minimum atomic E-state index is -3.94. The van der Waals surface area contributed by atoms with Crippen molar-refractivity contribution in [2.24, 2.45) is 4.40 Å². The van der Waals surface area contributed by atoms with Gasteiger partial charge < -0.3 is 20.1 Å². The first-order valence-electron chi connectivity index (χ1n) is 12.2. The molecule has 1 aliphatic rings. The van der Waals surface area contributed by atoms with Crippen molar-refractivity contribution in [1.29, 1.82) is 0 Å². The van der Waals surface area contributed by atoms with Crippen LogP contribution in [0.25, 0.3) is 0 Å². The topological polar surface area (TPSA) is 143 Å². The molecule has 0 bridgehead atoms. The lowest BCUT2D eigenvalue weighted by atomic mass is 10.1. The molecule has 2 aromatic rings. The lowest BCUT2D eigenvalue weighted by molar-refractivity contribution is -0.129. The summed E-state index contributed by atoms with van der Waals surface area (Å²) in [6.07, 6.45) is 3.27. The SMILES string of the molecule is CC1=CC/C(=N\S(=O)(=O)Cc2ccccc2)C(=O)N1CC(=O)NCc1c(C)ncn1CC(=O)NC(C)(C)C. The van der Waals surface area contributed by atoms with Crippen LogP contribution in [0.1, 0.15) is 51.1 Å². The van der Waals surface area contributed by atoms with Gasteiger partial charge in [-0.1, -0.05) is 36.4 Å². The quantitative estimate of drug-likeness (QED) is 0.495. The van der Waals surface area contributed by atoms with Crippen molar-refractivity contribution in [3.05, 3.63) is 65.4 Å². The van der Waals surface area contributed by atoms with E-state index in [-0.39, 0.29) is 49.0 Å². The molecule has 2 N–H and O–H groups in total. The summed E-state index contributed by atoms with van der Waals surface area (Å²) < 4.78 is 30.6. The van der Waals surface area contributed by atoms with Gasteiger partial charge in [0.15, 0.2) is 0 Å². The fourth-order valence-corrected chi connectivity index (χ4v) is 5.05. The van der Waals surface area contributed by atoms with Crippen LogP contribution < -0.4 is 10.6 Å². The second kappa shape index (κ2) is 11.7. The summed E-state index contributed by atoms with van der Waals surface area (Å²) in [5.74, 6) is -1.59.